The van der Waals surface area contributed by atoms with E-state index in [4.69, 9.17) is 9.15 Å². The van der Waals surface area contributed by atoms with Crippen molar-refractivity contribution in [3.05, 3.63) is 53.2 Å². The van der Waals surface area contributed by atoms with Crippen molar-refractivity contribution in [2.45, 2.75) is 18.9 Å². The number of carbonyl (C=O) groups excluding carboxylic acids is 4. The Hall–Kier alpha value is -4.02. The van der Waals surface area contributed by atoms with Crippen molar-refractivity contribution in [3.8, 4) is 0 Å². The van der Waals surface area contributed by atoms with Crippen molar-refractivity contribution < 1.29 is 28.3 Å². The largest absolute Gasteiger partial charge is 0.497 e. The SMILES string of the molecule is CCNC(=O)NCC1C=Cc2oc([C@]3(CN4CC5C=CC(OC)=CC5C4=O)NC(=O)NC3=O)cc2C1. The zero-order valence-corrected chi connectivity index (χ0v) is 20.1. The zero-order valence-electron chi connectivity index (χ0n) is 20.1. The molecule has 0 radical (unpaired) electrons. The van der Waals surface area contributed by atoms with Gasteiger partial charge in [0, 0.05) is 25.6 Å². The number of ether oxygens (including phenoxy) is 1. The Kier molecular flexibility index (Phi) is 6.07. The van der Waals surface area contributed by atoms with E-state index in [-0.39, 0.29) is 42.0 Å². The second-order valence-electron chi connectivity index (χ2n) is 9.42. The molecule has 5 rings (SSSR count). The van der Waals surface area contributed by atoms with E-state index in [1.165, 1.54) is 0 Å². The number of furan rings is 1. The van der Waals surface area contributed by atoms with Crippen molar-refractivity contribution in [2.75, 3.05) is 33.3 Å². The summed E-state index contributed by atoms with van der Waals surface area (Å²) >= 11 is 0. The second kappa shape index (κ2) is 9.21. The molecule has 2 aliphatic heterocycles. The number of hydrogen-bond acceptors (Lipinski definition) is 6. The first-order valence-electron chi connectivity index (χ1n) is 12.0. The summed E-state index contributed by atoms with van der Waals surface area (Å²) in [5, 5.41) is 10.6. The third kappa shape index (κ3) is 4.14. The van der Waals surface area contributed by atoms with Crippen molar-refractivity contribution in [1.29, 1.82) is 0 Å². The van der Waals surface area contributed by atoms with Gasteiger partial charge in [0.05, 0.1) is 19.6 Å². The van der Waals surface area contributed by atoms with E-state index in [0.717, 1.165) is 5.56 Å². The first-order chi connectivity index (χ1) is 17.3. The molecule has 190 valence electrons. The molecule has 3 unspecified atom stereocenters. The quantitative estimate of drug-likeness (QED) is 0.416. The van der Waals surface area contributed by atoms with Crippen LogP contribution in [0, 0.1) is 17.8 Å². The van der Waals surface area contributed by atoms with E-state index in [9.17, 15) is 19.2 Å². The monoisotopic (exact) mass is 495 g/mol. The number of urea groups is 2. The van der Waals surface area contributed by atoms with Gasteiger partial charge in [0.2, 0.25) is 5.91 Å². The standard InChI is InChI=1S/C25H29N5O6/c1-3-26-23(33)27-11-14-4-7-19-16(8-14)9-20(36-19)25(22(32)28-24(34)29-25)13-30-12-15-5-6-17(35-2)10-18(15)21(30)31/h4-7,9-10,14-15,18H,3,8,11-13H2,1-2H3,(H2,26,27,33)(H2,28,29,32,34)/t14?,15?,18?,25-/m0/s1. The molecule has 11 heteroatoms. The van der Waals surface area contributed by atoms with Gasteiger partial charge in [-0.15, -0.1) is 0 Å². The molecule has 0 saturated carbocycles. The molecule has 36 heavy (non-hydrogen) atoms. The predicted molar refractivity (Wildman–Crippen MR) is 128 cm³/mol. The first kappa shape index (κ1) is 23.7. The van der Waals surface area contributed by atoms with Crippen LogP contribution >= 0.6 is 0 Å². The number of hydrogen-bond donors (Lipinski definition) is 4. The Balaban J connectivity index is 1.37. The summed E-state index contributed by atoms with van der Waals surface area (Å²) in [6.45, 7) is 3.19. The smallest absolute Gasteiger partial charge is 0.322 e. The number of rotatable bonds is 7. The maximum Gasteiger partial charge on any atom is 0.322 e. The van der Waals surface area contributed by atoms with Crippen LogP contribution in [0.1, 0.15) is 24.0 Å². The van der Waals surface area contributed by atoms with Gasteiger partial charge in [-0.1, -0.05) is 12.2 Å². The molecule has 0 bridgehead atoms. The number of fused-ring (bicyclic) bond motifs is 2. The summed E-state index contributed by atoms with van der Waals surface area (Å²) in [5.41, 5.74) is -0.682. The number of amides is 6. The fourth-order valence-electron chi connectivity index (χ4n) is 5.21. The molecule has 2 fully saturated rings. The highest BCUT2D eigenvalue weighted by atomic mass is 16.5. The molecular weight excluding hydrogens is 466 g/mol. The summed E-state index contributed by atoms with van der Waals surface area (Å²) in [6, 6.07) is 0.894. The van der Waals surface area contributed by atoms with Crippen LogP contribution in [0.5, 0.6) is 0 Å². The van der Waals surface area contributed by atoms with E-state index in [2.05, 4.69) is 21.3 Å². The van der Waals surface area contributed by atoms with Crippen molar-refractivity contribution in [1.82, 2.24) is 26.2 Å². The van der Waals surface area contributed by atoms with Gasteiger partial charge >= 0.3 is 12.1 Å². The van der Waals surface area contributed by atoms with Crippen molar-refractivity contribution in [3.63, 3.8) is 0 Å². The maximum atomic E-state index is 13.2. The fraction of sp³-hybridized carbons (Fsp3) is 0.440. The molecular formula is C25H29N5O6. The molecule has 2 saturated heterocycles. The van der Waals surface area contributed by atoms with E-state index >= 15 is 0 Å². The lowest BCUT2D eigenvalue weighted by Crippen LogP contribution is -2.53. The van der Waals surface area contributed by atoms with Crippen LogP contribution in [-0.2, 0) is 26.3 Å². The summed E-state index contributed by atoms with van der Waals surface area (Å²) in [4.78, 5) is 51.9. The van der Waals surface area contributed by atoms with E-state index in [1.807, 2.05) is 31.2 Å². The molecule has 1 aromatic heterocycles. The van der Waals surface area contributed by atoms with Crippen LogP contribution < -0.4 is 21.3 Å². The van der Waals surface area contributed by atoms with E-state index in [0.29, 0.717) is 37.6 Å². The highest BCUT2D eigenvalue weighted by molar-refractivity contribution is 6.07. The molecule has 0 aromatic carbocycles. The number of allylic oxidation sites excluding steroid dienone is 1. The summed E-state index contributed by atoms with van der Waals surface area (Å²) in [5.74, 6) is 0.393. The third-order valence-corrected chi connectivity index (χ3v) is 7.07. The van der Waals surface area contributed by atoms with Crippen molar-refractivity contribution in [2.24, 2.45) is 17.8 Å². The maximum absolute atomic E-state index is 13.2. The Morgan fingerprint density at radius 2 is 2.08 bits per heavy atom. The van der Waals surface area contributed by atoms with Crippen LogP contribution in [0.2, 0.25) is 0 Å². The van der Waals surface area contributed by atoms with Gasteiger partial charge in [-0.2, -0.15) is 0 Å². The number of likely N-dealkylation sites (tertiary alicyclic amines) is 1. The van der Waals surface area contributed by atoms with E-state index in [1.54, 1.807) is 24.2 Å². The molecule has 6 amide bonds. The number of nitrogens with zero attached hydrogens (tertiary/aromatic N) is 1. The first-order valence-corrected chi connectivity index (χ1v) is 12.0. The van der Waals surface area contributed by atoms with Crippen LogP contribution in [0.3, 0.4) is 0 Å². The van der Waals surface area contributed by atoms with Crippen LogP contribution in [0.15, 0.2) is 40.5 Å². The molecule has 4 N–H and O–H groups in total. The zero-order chi connectivity index (χ0) is 25.4. The average Bonchev–Trinajstić information content (AvgIpc) is 3.51. The Morgan fingerprint density at radius 1 is 1.25 bits per heavy atom. The van der Waals surface area contributed by atoms with Gasteiger partial charge in [0.25, 0.3) is 5.91 Å². The highest BCUT2D eigenvalue weighted by Crippen LogP contribution is 2.37. The fourth-order valence-corrected chi connectivity index (χ4v) is 5.21. The third-order valence-electron chi connectivity index (χ3n) is 7.07. The highest BCUT2D eigenvalue weighted by Gasteiger charge is 2.54. The van der Waals surface area contributed by atoms with Gasteiger partial charge in [-0.25, -0.2) is 9.59 Å². The Labute approximate surface area is 208 Å². The summed E-state index contributed by atoms with van der Waals surface area (Å²) in [7, 11) is 1.55. The Morgan fingerprint density at radius 3 is 2.81 bits per heavy atom. The van der Waals surface area contributed by atoms with E-state index < -0.39 is 17.5 Å². The van der Waals surface area contributed by atoms with Crippen LogP contribution in [0.25, 0.3) is 6.08 Å². The second-order valence-corrected chi connectivity index (χ2v) is 9.42. The normalized spacial score (nSPS) is 28.3. The molecule has 0 spiro atoms. The minimum atomic E-state index is -1.54. The van der Waals surface area contributed by atoms with Crippen LogP contribution in [0.4, 0.5) is 9.59 Å². The van der Waals surface area contributed by atoms with Gasteiger partial charge < -0.3 is 30.0 Å². The lowest BCUT2D eigenvalue weighted by Gasteiger charge is -2.29. The van der Waals surface area contributed by atoms with Gasteiger partial charge in [-0.05, 0) is 49.1 Å². The molecule has 4 atom stereocenters. The number of imide groups is 1. The van der Waals surface area contributed by atoms with Gasteiger partial charge in [0.1, 0.15) is 17.3 Å². The molecule has 1 aromatic rings. The van der Waals surface area contributed by atoms with Crippen molar-refractivity contribution >= 4 is 30.0 Å². The van der Waals surface area contributed by atoms with Gasteiger partial charge in [-0.3, -0.25) is 14.9 Å². The minimum absolute atomic E-state index is 0.0421. The Bertz CT molecular complexity index is 1200. The topological polar surface area (TPSA) is 142 Å². The number of carbonyl (C=O) groups is 4. The molecule has 11 nitrogen and oxygen atoms in total. The van der Waals surface area contributed by atoms with Gasteiger partial charge in [0.15, 0.2) is 5.54 Å². The lowest BCUT2D eigenvalue weighted by molar-refractivity contribution is -0.133. The molecule has 3 heterocycles. The number of methoxy groups -OCH3 is 1. The lowest BCUT2D eigenvalue weighted by atomic mass is 9.91. The summed E-state index contributed by atoms with van der Waals surface area (Å²) in [6.07, 6.45) is 9.91. The summed E-state index contributed by atoms with van der Waals surface area (Å²) < 4.78 is 11.3. The molecule has 4 aliphatic rings. The van der Waals surface area contributed by atoms with Crippen LogP contribution in [-0.4, -0.2) is 62.1 Å². The minimum Gasteiger partial charge on any atom is -0.497 e. The number of nitrogens with one attached hydrogen (secondary N) is 4. The predicted octanol–water partition coefficient (Wildman–Crippen LogP) is 0.994. The average molecular weight is 496 g/mol. The molecule has 2 aliphatic carbocycles.